The minimum atomic E-state index is -3.81. The molecular weight excluding hydrogens is 408 g/mol. The summed E-state index contributed by atoms with van der Waals surface area (Å²) in [7, 11) is -3.81. The molecule has 0 saturated carbocycles. The number of anilines is 1. The molecule has 0 fully saturated rings. The highest BCUT2D eigenvalue weighted by Crippen LogP contribution is 2.21. The first-order chi connectivity index (χ1) is 13.8. The Morgan fingerprint density at radius 1 is 1.10 bits per heavy atom. The molecule has 0 radical (unpaired) electrons. The van der Waals surface area contributed by atoms with Crippen LogP contribution in [0.3, 0.4) is 0 Å². The Morgan fingerprint density at radius 2 is 1.86 bits per heavy atom. The Morgan fingerprint density at radius 3 is 2.59 bits per heavy atom. The number of hydrogen-bond acceptors (Lipinski definition) is 6. The molecule has 0 saturated heterocycles. The normalized spacial score (nSPS) is 12.5. The first kappa shape index (κ1) is 21.1. The van der Waals surface area contributed by atoms with Gasteiger partial charge >= 0.3 is 0 Å². The largest absolute Gasteiger partial charge is 0.296 e. The molecule has 1 heterocycles. The van der Waals surface area contributed by atoms with Crippen molar-refractivity contribution >= 4 is 32.4 Å². The Hall–Kier alpha value is -2.62. The Kier molecular flexibility index (Phi) is 6.73. The molecule has 1 atom stereocenters. The summed E-state index contributed by atoms with van der Waals surface area (Å²) in [6.07, 6.45) is 1.41. The van der Waals surface area contributed by atoms with E-state index in [1.807, 2.05) is 50.2 Å². The zero-order chi connectivity index (χ0) is 20.9. The Labute approximate surface area is 174 Å². The van der Waals surface area contributed by atoms with Crippen LogP contribution in [0.5, 0.6) is 0 Å². The molecule has 1 amide bonds. The van der Waals surface area contributed by atoms with E-state index in [1.54, 1.807) is 18.2 Å². The van der Waals surface area contributed by atoms with Gasteiger partial charge in [0.15, 0.2) is 0 Å². The fourth-order valence-corrected chi connectivity index (χ4v) is 4.92. The van der Waals surface area contributed by atoms with Gasteiger partial charge in [0.25, 0.3) is 15.9 Å². The minimum absolute atomic E-state index is 0.133. The Balaban J connectivity index is 1.60. The summed E-state index contributed by atoms with van der Waals surface area (Å²) in [5, 5.41) is 10.2. The second-order valence-corrected chi connectivity index (χ2v) is 9.61. The highest BCUT2D eigenvalue weighted by molar-refractivity contribution is 7.91. The maximum Gasteiger partial charge on any atom is 0.270 e. The number of benzene rings is 2. The number of aryl methyl sites for hydroxylation is 2. The molecule has 0 aliphatic heterocycles. The van der Waals surface area contributed by atoms with Crippen molar-refractivity contribution in [2.45, 2.75) is 37.1 Å². The highest BCUT2D eigenvalue weighted by Gasteiger charge is 2.23. The highest BCUT2D eigenvalue weighted by atomic mass is 32.2. The number of hydrogen-bond donors (Lipinski definition) is 2. The van der Waals surface area contributed by atoms with E-state index >= 15 is 0 Å². The summed E-state index contributed by atoms with van der Waals surface area (Å²) in [6, 6.07) is 16.7. The average Bonchev–Trinajstić information content (AvgIpc) is 3.16. The SMILES string of the molecule is Cc1cccc(C(=O)Nc2nnc(S(=O)(=O)N[C@@H](C)CCc3ccccc3)s2)c1. The predicted molar refractivity (Wildman–Crippen MR) is 114 cm³/mol. The molecule has 0 unspecified atom stereocenters. The van der Waals surface area contributed by atoms with Crippen molar-refractivity contribution in [3.8, 4) is 0 Å². The van der Waals surface area contributed by atoms with Crippen LogP contribution in [0.4, 0.5) is 5.13 Å². The van der Waals surface area contributed by atoms with Crippen LogP contribution >= 0.6 is 11.3 Å². The van der Waals surface area contributed by atoms with Gasteiger partial charge in [0, 0.05) is 11.6 Å². The van der Waals surface area contributed by atoms with Crippen molar-refractivity contribution < 1.29 is 13.2 Å². The second kappa shape index (κ2) is 9.25. The number of nitrogens with zero attached hydrogens (tertiary/aromatic N) is 2. The van der Waals surface area contributed by atoms with Crippen LogP contribution in [0.1, 0.15) is 34.8 Å². The summed E-state index contributed by atoms with van der Waals surface area (Å²) >= 11 is 0.819. The van der Waals surface area contributed by atoms with Gasteiger partial charge in [-0.2, -0.15) is 0 Å². The smallest absolute Gasteiger partial charge is 0.270 e. The number of nitrogens with one attached hydrogen (secondary N) is 2. The first-order valence-corrected chi connectivity index (χ1v) is 11.4. The van der Waals surface area contributed by atoms with Crippen LogP contribution in [0.25, 0.3) is 0 Å². The third kappa shape index (κ3) is 5.93. The molecule has 7 nitrogen and oxygen atoms in total. The predicted octanol–water partition coefficient (Wildman–Crippen LogP) is 3.40. The lowest BCUT2D eigenvalue weighted by Gasteiger charge is -2.12. The lowest BCUT2D eigenvalue weighted by atomic mass is 10.1. The van der Waals surface area contributed by atoms with Crippen molar-refractivity contribution in [3.63, 3.8) is 0 Å². The average molecular weight is 431 g/mol. The number of aromatic nitrogens is 2. The van der Waals surface area contributed by atoms with E-state index in [0.717, 1.165) is 28.9 Å². The van der Waals surface area contributed by atoms with Gasteiger partial charge in [0.05, 0.1) is 0 Å². The van der Waals surface area contributed by atoms with Gasteiger partial charge in [0.1, 0.15) is 0 Å². The zero-order valence-corrected chi connectivity index (χ0v) is 17.8. The molecule has 0 aliphatic rings. The monoisotopic (exact) mass is 430 g/mol. The van der Waals surface area contributed by atoms with Crippen LogP contribution in [0.2, 0.25) is 0 Å². The number of carbonyl (C=O) groups excluding carboxylic acids is 1. The van der Waals surface area contributed by atoms with E-state index in [0.29, 0.717) is 12.0 Å². The maximum atomic E-state index is 12.6. The van der Waals surface area contributed by atoms with Gasteiger partial charge in [-0.1, -0.05) is 59.4 Å². The van der Waals surface area contributed by atoms with Crippen molar-refractivity contribution in [1.82, 2.24) is 14.9 Å². The summed E-state index contributed by atoms with van der Waals surface area (Å²) in [5.41, 5.74) is 2.57. The molecule has 3 rings (SSSR count). The fraction of sp³-hybridized carbons (Fsp3) is 0.250. The molecule has 1 aromatic heterocycles. The lowest BCUT2D eigenvalue weighted by molar-refractivity contribution is 0.102. The molecule has 2 N–H and O–H groups in total. The van der Waals surface area contributed by atoms with E-state index in [1.165, 1.54) is 0 Å². The first-order valence-electron chi connectivity index (χ1n) is 9.11. The van der Waals surface area contributed by atoms with Crippen LogP contribution in [0, 0.1) is 6.92 Å². The molecule has 2 aromatic carbocycles. The van der Waals surface area contributed by atoms with E-state index in [4.69, 9.17) is 0 Å². The second-order valence-electron chi connectivity index (χ2n) is 6.74. The van der Waals surface area contributed by atoms with Crippen LogP contribution in [-0.4, -0.2) is 30.6 Å². The molecule has 29 heavy (non-hydrogen) atoms. The van der Waals surface area contributed by atoms with Crippen LogP contribution in [0.15, 0.2) is 58.9 Å². The van der Waals surface area contributed by atoms with Crippen LogP contribution in [-0.2, 0) is 16.4 Å². The molecule has 3 aromatic rings. The molecule has 0 aliphatic carbocycles. The number of rotatable bonds is 8. The van der Waals surface area contributed by atoms with Gasteiger partial charge in [0.2, 0.25) is 9.47 Å². The van der Waals surface area contributed by atoms with Gasteiger partial charge in [-0.3, -0.25) is 10.1 Å². The van der Waals surface area contributed by atoms with E-state index in [9.17, 15) is 13.2 Å². The van der Waals surface area contributed by atoms with Crippen molar-refractivity contribution in [3.05, 3.63) is 71.3 Å². The number of sulfonamides is 1. The molecule has 0 spiro atoms. The molecule has 0 bridgehead atoms. The van der Waals surface area contributed by atoms with E-state index < -0.39 is 10.0 Å². The zero-order valence-electron chi connectivity index (χ0n) is 16.1. The third-order valence-electron chi connectivity index (χ3n) is 4.20. The van der Waals surface area contributed by atoms with Gasteiger partial charge < -0.3 is 0 Å². The fourth-order valence-electron chi connectivity index (χ4n) is 2.73. The molecular formula is C20H22N4O3S2. The van der Waals surface area contributed by atoms with Gasteiger partial charge in [-0.05, 0) is 44.4 Å². The molecule has 9 heteroatoms. The van der Waals surface area contributed by atoms with Crippen LogP contribution < -0.4 is 10.0 Å². The maximum absolute atomic E-state index is 12.6. The van der Waals surface area contributed by atoms with E-state index in [-0.39, 0.29) is 21.4 Å². The van der Waals surface area contributed by atoms with Crippen molar-refractivity contribution in [2.24, 2.45) is 0 Å². The van der Waals surface area contributed by atoms with E-state index in [2.05, 4.69) is 20.2 Å². The summed E-state index contributed by atoms with van der Waals surface area (Å²) in [4.78, 5) is 12.3. The molecule has 152 valence electrons. The standard InChI is InChI=1S/C20H22N4O3S2/c1-14-7-6-10-17(13-14)18(25)21-19-22-23-20(28-19)29(26,27)24-15(2)11-12-16-8-4-3-5-9-16/h3-10,13,15,24H,11-12H2,1-2H3,(H,21,22,25)/t15-/m0/s1. The summed E-state index contributed by atoms with van der Waals surface area (Å²) < 4.78 is 27.5. The quantitative estimate of drug-likeness (QED) is 0.534. The third-order valence-corrected chi connectivity index (χ3v) is 7.00. The summed E-state index contributed by atoms with van der Waals surface area (Å²) in [6.45, 7) is 3.69. The Bertz CT molecular complexity index is 1080. The minimum Gasteiger partial charge on any atom is -0.296 e. The topological polar surface area (TPSA) is 101 Å². The van der Waals surface area contributed by atoms with Gasteiger partial charge in [-0.25, -0.2) is 13.1 Å². The van der Waals surface area contributed by atoms with Gasteiger partial charge in [-0.15, -0.1) is 10.2 Å². The van der Waals surface area contributed by atoms with Crippen molar-refractivity contribution in [1.29, 1.82) is 0 Å². The lowest BCUT2D eigenvalue weighted by Crippen LogP contribution is -2.32. The number of amides is 1. The van der Waals surface area contributed by atoms with Crippen molar-refractivity contribution in [2.75, 3.05) is 5.32 Å². The number of carbonyl (C=O) groups is 1. The summed E-state index contributed by atoms with van der Waals surface area (Å²) in [5.74, 6) is -0.363.